The maximum absolute atomic E-state index is 12.4. The first-order valence-corrected chi connectivity index (χ1v) is 5.40. The Kier molecular flexibility index (Phi) is 5.30. The van der Waals surface area contributed by atoms with Crippen LogP contribution >= 0.6 is 0 Å². The lowest BCUT2D eigenvalue weighted by Crippen LogP contribution is -2.05. The van der Waals surface area contributed by atoms with Crippen LogP contribution in [0.2, 0.25) is 0 Å². The molecule has 1 aromatic rings. The van der Waals surface area contributed by atoms with Crippen LogP contribution in [-0.2, 0) is 4.79 Å². The molecular weight excluding hydrogens is 242 g/mol. The highest BCUT2D eigenvalue weighted by Crippen LogP contribution is 2.33. The molecule has 0 saturated heterocycles. The van der Waals surface area contributed by atoms with Gasteiger partial charge in [0.25, 0.3) is 0 Å². The monoisotopic (exact) mass is 256 g/mol. The molecule has 0 amide bonds. The Morgan fingerprint density at radius 1 is 1.44 bits per heavy atom. The Bertz CT molecular complexity index is 442. The van der Waals surface area contributed by atoms with Gasteiger partial charge < -0.3 is 9.47 Å². The van der Waals surface area contributed by atoms with E-state index in [-0.39, 0.29) is 11.5 Å². The summed E-state index contributed by atoms with van der Waals surface area (Å²) in [4.78, 5) is 10.7. The third-order valence-electron chi connectivity index (χ3n) is 2.34. The largest absolute Gasteiger partial charge is 0.493 e. The fourth-order valence-electron chi connectivity index (χ4n) is 1.44. The minimum absolute atomic E-state index is 0.0669. The standard InChI is InChI=1S/C13H14F2O3/c1-3-9(8-16)7-10-5-4-6-11(17-2)12(10)18-13(14)15/h4-8,13H,3H2,1-2H3. The van der Waals surface area contributed by atoms with Crippen LogP contribution in [0.5, 0.6) is 11.5 Å². The van der Waals surface area contributed by atoms with E-state index in [2.05, 4.69) is 4.74 Å². The predicted molar refractivity (Wildman–Crippen MR) is 64.0 cm³/mol. The summed E-state index contributed by atoms with van der Waals surface area (Å²) >= 11 is 0. The molecule has 98 valence electrons. The Hall–Kier alpha value is -1.91. The van der Waals surface area contributed by atoms with Gasteiger partial charge in [-0.3, -0.25) is 4.79 Å². The van der Waals surface area contributed by atoms with Crippen LogP contribution in [0.15, 0.2) is 23.8 Å². The van der Waals surface area contributed by atoms with Crippen molar-refractivity contribution in [2.24, 2.45) is 0 Å². The summed E-state index contributed by atoms with van der Waals surface area (Å²) in [5, 5.41) is 0. The van der Waals surface area contributed by atoms with Gasteiger partial charge in [-0.15, -0.1) is 0 Å². The molecule has 0 radical (unpaired) electrons. The van der Waals surface area contributed by atoms with E-state index >= 15 is 0 Å². The number of methoxy groups -OCH3 is 1. The molecule has 0 heterocycles. The molecule has 0 fully saturated rings. The number of benzene rings is 1. The van der Waals surface area contributed by atoms with Gasteiger partial charge in [-0.2, -0.15) is 8.78 Å². The third kappa shape index (κ3) is 3.55. The van der Waals surface area contributed by atoms with Crippen molar-refractivity contribution < 1.29 is 23.0 Å². The Morgan fingerprint density at radius 2 is 2.17 bits per heavy atom. The van der Waals surface area contributed by atoms with Crippen LogP contribution in [0.3, 0.4) is 0 Å². The summed E-state index contributed by atoms with van der Waals surface area (Å²) in [5.74, 6) is 0.133. The van der Waals surface area contributed by atoms with E-state index in [0.29, 0.717) is 23.8 Å². The van der Waals surface area contributed by atoms with E-state index in [4.69, 9.17) is 4.74 Å². The molecule has 0 N–H and O–H groups in total. The van der Waals surface area contributed by atoms with Crippen molar-refractivity contribution in [3.63, 3.8) is 0 Å². The molecule has 0 saturated carbocycles. The summed E-state index contributed by atoms with van der Waals surface area (Å²) in [6, 6.07) is 4.74. The van der Waals surface area contributed by atoms with Crippen LogP contribution in [0.1, 0.15) is 18.9 Å². The van der Waals surface area contributed by atoms with Crippen LogP contribution < -0.4 is 9.47 Å². The number of rotatable bonds is 6. The molecule has 1 rings (SSSR count). The van der Waals surface area contributed by atoms with Crippen molar-refractivity contribution in [3.8, 4) is 11.5 Å². The number of hydrogen-bond acceptors (Lipinski definition) is 3. The second kappa shape index (κ2) is 6.74. The molecule has 0 aliphatic carbocycles. The Balaban J connectivity index is 3.25. The van der Waals surface area contributed by atoms with Crippen LogP contribution in [0.25, 0.3) is 6.08 Å². The predicted octanol–water partition coefficient (Wildman–Crippen LogP) is 3.29. The number of para-hydroxylation sites is 1. The lowest BCUT2D eigenvalue weighted by molar-refractivity contribution is -0.104. The van der Waals surface area contributed by atoms with Crippen molar-refractivity contribution in [1.29, 1.82) is 0 Å². The van der Waals surface area contributed by atoms with Crippen molar-refractivity contribution in [2.45, 2.75) is 20.0 Å². The summed E-state index contributed by atoms with van der Waals surface area (Å²) < 4.78 is 34.1. The van der Waals surface area contributed by atoms with Gasteiger partial charge in [0.05, 0.1) is 7.11 Å². The Morgan fingerprint density at radius 3 is 2.67 bits per heavy atom. The highest BCUT2D eigenvalue weighted by molar-refractivity contribution is 5.83. The average Bonchev–Trinajstić information content (AvgIpc) is 2.36. The van der Waals surface area contributed by atoms with Gasteiger partial charge in [0.2, 0.25) is 0 Å². The number of halogens is 2. The van der Waals surface area contributed by atoms with Gasteiger partial charge in [0.15, 0.2) is 11.5 Å². The van der Waals surface area contributed by atoms with Gasteiger partial charge in [-0.05, 0) is 24.1 Å². The van der Waals surface area contributed by atoms with Crippen molar-refractivity contribution in [3.05, 3.63) is 29.3 Å². The second-order valence-electron chi connectivity index (χ2n) is 3.45. The topological polar surface area (TPSA) is 35.5 Å². The molecule has 0 unspecified atom stereocenters. The SMILES string of the molecule is CCC(C=O)=Cc1cccc(OC)c1OC(F)F. The molecule has 18 heavy (non-hydrogen) atoms. The number of aldehydes is 1. The second-order valence-corrected chi connectivity index (χ2v) is 3.45. The highest BCUT2D eigenvalue weighted by atomic mass is 19.3. The summed E-state index contributed by atoms with van der Waals surface area (Å²) in [5.41, 5.74) is 0.876. The fraction of sp³-hybridized carbons (Fsp3) is 0.308. The van der Waals surface area contributed by atoms with Crippen LogP contribution in [0.4, 0.5) is 8.78 Å². The molecule has 3 nitrogen and oxygen atoms in total. The van der Waals surface area contributed by atoms with E-state index in [1.54, 1.807) is 19.1 Å². The molecular formula is C13H14F2O3. The first kappa shape index (κ1) is 14.2. The number of allylic oxidation sites excluding steroid dienone is 1. The number of alkyl halides is 2. The van der Waals surface area contributed by atoms with E-state index < -0.39 is 6.61 Å². The first-order valence-electron chi connectivity index (χ1n) is 5.40. The molecule has 0 aliphatic rings. The molecule has 0 spiro atoms. The highest BCUT2D eigenvalue weighted by Gasteiger charge is 2.14. The maximum atomic E-state index is 12.4. The summed E-state index contributed by atoms with van der Waals surface area (Å²) in [6.45, 7) is -1.15. The molecule has 0 aliphatic heterocycles. The van der Waals surface area contributed by atoms with E-state index in [9.17, 15) is 13.6 Å². The van der Waals surface area contributed by atoms with Crippen LogP contribution in [0, 0.1) is 0 Å². The number of carbonyl (C=O) groups is 1. The summed E-state index contributed by atoms with van der Waals surface area (Å²) in [6.07, 6.45) is 2.70. The zero-order chi connectivity index (χ0) is 13.5. The molecule has 1 aromatic carbocycles. The quantitative estimate of drug-likeness (QED) is 0.578. The molecule has 0 bridgehead atoms. The molecule has 5 heteroatoms. The van der Waals surface area contributed by atoms with E-state index in [0.717, 1.165) is 0 Å². The minimum Gasteiger partial charge on any atom is -0.493 e. The normalized spacial score (nSPS) is 11.5. The van der Waals surface area contributed by atoms with Crippen molar-refractivity contribution >= 4 is 12.4 Å². The number of carbonyl (C=O) groups excluding carboxylic acids is 1. The smallest absolute Gasteiger partial charge is 0.387 e. The van der Waals surface area contributed by atoms with Crippen molar-refractivity contribution in [1.82, 2.24) is 0 Å². The number of ether oxygens (including phenoxy) is 2. The van der Waals surface area contributed by atoms with E-state index in [1.165, 1.54) is 19.3 Å². The van der Waals surface area contributed by atoms with Gasteiger partial charge in [-0.25, -0.2) is 0 Å². The molecule has 0 atom stereocenters. The van der Waals surface area contributed by atoms with E-state index in [1.807, 2.05) is 0 Å². The summed E-state index contributed by atoms with van der Waals surface area (Å²) in [7, 11) is 1.36. The van der Waals surface area contributed by atoms with Crippen LogP contribution in [-0.4, -0.2) is 20.0 Å². The first-order chi connectivity index (χ1) is 8.62. The zero-order valence-electron chi connectivity index (χ0n) is 10.2. The maximum Gasteiger partial charge on any atom is 0.387 e. The minimum atomic E-state index is -2.95. The average molecular weight is 256 g/mol. The lowest BCUT2D eigenvalue weighted by Gasteiger charge is -2.12. The van der Waals surface area contributed by atoms with Crippen molar-refractivity contribution in [2.75, 3.05) is 7.11 Å². The van der Waals surface area contributed by atoms with Gasteiger partial charge in [-0.1, -0.05) is 19.1 Å². The number of hydrogen-bond donors (Lipinski definition) is 0. The van der Waals surface area contributed by atoms with Gasteiger partial charge in [0, 0.05) is 5.56 Å². The van der Waals surface area contributed by atoms with Gasteiger partial charge in [0.1, 0.15) is 6.29 Å². The third-order valence-corrected chi connectivity index (χ3v) is 2.34. The fourth-order valence-corrected chi connectivity index (χ4v) is 1.44. The molecule has 0 aromatic heterocycles. The Labute approximate surface area is 104 Å². The zero-order valence-corrected chi connectivity index (χ0v) is 10.2. The van der Waals surface area contributed by atoms with Gasteiger partial charge >= 0.3 is 6.61 Å². The lowest BCUT2D eigenvalue weighted by atomic mass is 10.1.